The average molecular weight is 259 g/mol. The second kappa shape index (κ2) is 4.59. The first kappa shape index (κ1) is 12.0. The Balaban J connectivity index is 2.01. The van der Waals surface area contributed by atoms with Crippen LogP contribution in [0.3, 0.4) is 0 Å². The van der Waals surface area contributed by atoms with Gasteiger partial charge in [0.15, 0.2) is 0 Å². The van der Waals surface area contributed by atoms with Gasteiger partial charge in [-0.1, -0.05) is 6.07 Å². The first-order valence-corrected chi connectivity index (χ1v) is 6.18. The van der Waals surface area contributed by atoms with Crippen molar-refractivity contribution in [1.29, 1.82) is 0 Å². The third-order valence-electron chi connectivity index (χ3n) is 3.42. The molecule has 2 aromatic rings. The minimum Gasteiger partial charge on any atom is -0.392 e. The molecule has 0 amide bonds. The van der Waals surface area contributed by atoms with E-state index in [0.29, 0.717) is 11.5 Å². The molecule has 1 N–H and O–H groups in total. The molecule has 1 aromatic heterocycles. The molecule has 98 valence electrons. The maximum absolute atomic E-state index is 13.3. The van der Waals surface area contributed by atoms with Crippen LogP contribution < -0.4 is 4.90 Å². The first-order valence-electron chi connectivity index (χ1n) is 6.18. The van der Waals surface area contributed by atoms with Crippen LogP contribution in [0.4, 0.5) is 16.0 Å². The highest BCUT2D eigenvalue weighted by molar-refractivity contribution is 5.65. The summed E-state index contributed by atoms with van der Waals surface area (Å²) in [5, 5.41) is 9.13. The monoisotopic (exact) mass is 259 g/mol. The zero-order valence-electron chi connectivity index (χ0n) is 10.6. The minimum absolute atomic E-state index is 0.0721. The van der Waals surface area contributed by atoms with Gasteiger partial charge in [0.2, 0.25) is 5.95 Å². The molecular weight excluding hydrogens is 245 g/mol. The van der Waals surface area contributed by atoms with Crippen molar-refractivity contribution in [2.45, 2.75) is 20.0 Å². The predicted octanol–water partition coefficient (Wildman–Crippen LogP) is 2.11. The third kappa shape index (κ3) is 2.06. The van der Waals surface area contributed by atoms with Crippen LogP contribution in [0.15, 0.2) is 24.4 Å². The SMILES string of the molecule is Cc1nc(N2CCc3ccc(F)cc32)ncc1CO. The number of halogens is 1. The van der Waals surface area contributed by atoms with Gasteiger partial charge in [-0.25, -0.2) is 14.4 Å². The van der Waals surface area contributed by atoms with Gasteiger partial charge >= 0.3 is 0 Å². The Hall–Kier alpha value is -2.01. The number of fused-ring (bicyclic) bond motifs is 1. The molecule has 0 unspecified atom stereocenters. The number of benzene rings is 1. The van der Waals surface area contributed by atoms with Gasteiger partial charge in [0, 0.05) is 24.0 Å². The fourth-order valence-electron chi connectivity index (χ4n) is 2.33. The lowest BCUT2D eigenvalue weighted by Gasteiger charge is -2.18. The summed E-state index contributed by atoms with van der Waals surface area (Å²) in [4.78, 5) is 10.5. The molecule has 4 nitrogen and oxygen atoms in total. The van der Waals surface area contributed by atoms with E-state index in [1.165, 1.54) is 12.1 Å². The number of anilines is 2. The van der Waals surface area contributed by atoms with Crippen LogP contribution in [-0.4, -0.2) is 21.6 Å². The Labute approximate surface area is 110 Å². The van der Waals surface area contributed by atoms with Crippen LogP contribution in [0.2, 0.25) is 0 Å². The Morgan fingerprint density at radius 2 is 2.26 bits per heavy atom. The highest BCUT2D eigenvalue weighted by Crippen LogP contribution is 2.33. The molecule has 0 saturated carbocycles. The van der Waals surface area contributed by atoms with Crippen molar-refractivity contribution in [3.63, 3.8) is 0 Å². The molecule has 0 atom stereocenters. The molecule has 2 heterocycles. The van der Waals surface area contributed by atoms with Crippen LogP contribution in [0.1, 0.15) is 16.8 Å². The van der Waals surface area contributed by atoms with E-state index in [0.717, 1.165) is 29.9 Å². The Morgan fingerprint density at radius 1 is 1.42 bits per heavy atom. The van der Waals surface area contributed by atoms with Crippen molar-refractivity contribution >= 4 is 11.6 Å². The molecule has 0 aliphatic carbocycles. The summed E-state index contributed by atoms with van der Waals surface area (Å²) in [5.41, 5.74) is 3.39. The second-order valence-corrected chi connectivity index (χ2v) is 4.61. The molecule has 0 spiro atoms. The van der Waals surface area contributed by atoms with E-state index in [9.17, 15) is 4.39 Å². The number of aromatic nitrogens is 2. The van der Waals surface area contributed by atoms with E-state index < -0.39 is 0 Å². The van der Waals surface area contributed by atoms with Crippen LogP contribution in [0, 0.1) is 12.7 Å². The Bertz CT molecular complexity index is 630. The number of aliphatic hydroxyl groups excluding tert-OH is 1. The van der Waals surface area contributed by atoms with Crippen molar-refractivity contribution in [3.05, 3.63) is 47.0 Å². The number of nitrogens with zero attached hydrogens (tertiary/aromatic N) is 3. The Morgan fingerprint density at radius 3 is 3.00 bits per heavy atom. The van der Waals surface area contributed by atoms with Crippen molar-refractivity contribution < 1.29 is 9.50 Å². The van der Waals surface area contributed by atoms with E-state index in [2.05, 4.69) is 9.97 Å². The van der Waals surface area contributed by atoms with Crippen molar-refractivity contribution in [3.8, 4) is 0 Å². The summed E-state index contributed by atoms with van der Waals surface area (Å²) in [6.07, 6.45) is 2.48. The molecule has 3 rings (SSSR count). The lowest BCUT2D eigenvalue weighted by Crippen LogP contribution is -2.17. The minimum atomic E-state index is -0.255. The maximum atomic E-state index is 13.3. The zero-order valence-corrected chi connectivity index (χ0v) is 10.6. The summed E-state index contributed by atoms with van der Waals surface area (Å²) in [5.74, 6) is 0.299. The van der Waals surface area contributed by atoms with Gasteiger partial charge in [-0.2, -0.15) is 0 Å². The van der Waals surface area contributed by atoms with Crippen LogP contribution in [0.5, 0.6) is 0 Å². The molecule has 1 aliphatic heterocycles. The molecule has 0 saturated heterocycles. The molecule has 0 bridgehead atoms. The average Bonchev–Trinajstić information content (AvgIpc) is 2.81. The zero-order chi connectivity index (χ0) is 13.4. The fourth-order valence-corrected chi connectivity index (χ4v) is 2.33. The predicted molar refractivity (Wildman–Crippen MR) is 69.8 cm³/mol. The smallest absolute Gasteiger partial charge is 0.230 e. The molecule has 1 aromatic carbocycles. The van der Waals surface area contributed by atoms with Gasteiger partial charge in [0.05, 0.1) is 12.3 Å². The number of aryl methyl sites for hydroxylation is 1. The van der Waals surface area contributed by atoms with Crippen LogP contribution in [-0.2, 0) is 13.0 Å². The standard InChI is InChI=1S/C14H14FN3O/c1-9-11(8-19)7-16-14(17-9)18-5-4-10-2-3-12(15)6-13(10)18/h2-3,6-7,19H,4-5,8H2,1H3. The van der Waals surface area contributed by atoms with Gasteiger partial charge in [-0.15, -0.1) is 0 Å². The number of rotatable bonds is 2. The normalized spacial score (nSPS) is 13.7. The highest BCUT2D eigenvalue weighted by Gasteiger charge is 2.23. The molecular formula is C14H14FN3O. The summed E-state index contributed by atoms with van der Waals surface area (Å²) < 4.78 is 13.3. The van der Waals surface area contributed by atoms with E-state index in [-0.39, 0.29) is 12.4 Å². The van der Waals surface area contributed by atoms with Gasteiger partial charge in [0.25, 0.3) is 0 Å². The summed E-state index contributed by atoms with van der Waals surface area (Å²) in [6.45, 7) is 2.51. The summed E-state index contributed by atoms with van der Waals surface area (Å²) in [7, 11) is 0. The van der Waals surface area contributed by atoms with E-state index in [1.807, 2.05) is 11.8 Å². The van der Waals surface area contributed by atoms with Crippen molar-refractivity contribution in [2.75, 3.05) is 11.4 Å². The summed E-state index contributed by atoms with van der Waals surface area (Å²) in [6, 6.07) is 4.80. The maximum Gasteiger partial charge on any atom is 0.230 e. The van der Waals surface area contributed by atoms with E-state index >= 15 is 0 Å². The largest absolute Gasteiger partial charge is 0.392 e. The molecule has 0 fully saturated rings. The second-order valence-electron chi connectivity index (χ2n) is 4.61. The highest BCUT2D eigenvalue weighted by atomic mass is 19.1. The first-order chi connectivity index (χ1) is 9.19. The molecule has 1 aliphatic rings. The topological polar surface area (TPSA) is 49.2 Å². The van der Waals surface area contributed by atoms with Gasteiger partial charge in [0.1, 0.15) is 5.82 Å². The van der Waals surface area contributed by atoms with E-state index in [1.54, 1.807) is 12.3 Å². The molecule has 5 heteroatoms. The molecule has 19 heavy (non-hydrogen) atoms. The molecule has 0 radical (unpaired) electrons. The quantitative estimate of drug-likeness (QED) is 0.897. The Kier molecular flexibility index (Phi) is 2.91. The van der Waals surface area contributed by atoms with E-state index in [4.69, 9.17) is 5.11 Å². The summed E-state index contributed by atoms with van der Waals surface area (Å²) >= 11 is 0. The number of aliphatic hydroxyl groups is 1. The van der Waals surface area contributed by atoms with Crippen molar-refractivity contribution in [2.24, 2.45) is 0 Å². The lowest BCUT2D eigenvalue weighted by molar-refractivity contribution is 0.280. The van der Waals surface area contributed by atoms with Gasteiger partial charge in [-0.05, 0) is 31.0 Å². The third-order valence-corrected chi connectivity index (χ3v) is 3.42. The number of hydrogen-bond donors (Lipinski definition) is 1. The fraction of sp³-hybridized carbons (Fsp3) is 0.286. The van der Waals surface area contributed by atoms with Gasteiger partial charge in [-0.3, -0.25) is 0 Å². The van der Waals surface area contributed by atoms with Crippen LogP contribution in [0.25, 0.3) is 0 Å². The van der Waals surface area contributed by atoms with Gasteiger partial charge < -0.3 is 10.0 Å². The van der Waals surface area contributed by atoms with Crippen LogP contribution >= 0.6 is 0 Å². The van der Waals surface area contributed by atoms with Crippen molar-refractivity contribution in [1.82, 2.24) is 9.97 Å². The number of hydrogen-bond acceptors (Lipinski definition) is 4. The lowest BCUT2D eigenvalue weighted by atomic mass is 10.2.